The first-order valence-electron chi connectivity index (χ1n) is 6.40. The number of aromatic nitrogens is 3. The third-order valence-electron chi connectivity index (χ3n) is 3.79. The summed E-state index contributed by atoms with van der Waals surface area (Å²) in [7, 11) is 0. The highest BCUT2D eigenvalue weighted by Gasteiger charge is 2.32. The second-order valence-corrected chi connectivity index (χ2v) is 5.60. The Hall–Kier alpha value is -0.380. The van der Waals surface area contributed by atoms with Crippen LogP contribution in [0.2, 0.25) is 0 Å². The van der Waals surface area contributed by atoms with Crippen LogP contribution in [0.25, 0.3) is 0 Å². The Morgan fingerprint density at radius 3 is 2.44 bits per heavy atom. The van der Waals surface area contributed by atoms with Crippen LogP contribution < -0.4 is 0 Å². The number of nitrogens with zero attached hydrogens (tertiary/aromatic N) is 3. The van der Waals surface area contributed by atoms with Gasteiger partial charge in [-0.15, -0.1) is 10.2 Å². The first kappa shape index (κ1) is 10.8. The summed E-state index contributed by atoms with van der Waals surface area (Å²) in [5.74, 6) is 3.08. The van der Waals surface area contributed by atoms with E-state index >= 15 is 0 Å². The maximum Gasteiger partial charge on any atom is 0.143 e. The van der Waals surface area contributed by atoms with Gasteiger partial charge < -0.3 is 4.57 Å². The molecule has 0 unspecified atom stereocenters. The summed E-state index contributed by atoms with van der Waals surface area (Å²) in [6.07, 6.45) is 9.40. The van der Waals surface area contributed by atoms with Crippen LogP contribution >= 0.6 is 15.9 Å². The lowest BCUT2D eigenvalue weighted by Gasteiger charge is -2.21. The Bertz CT molecular complexity index is 364. The molecule has 0 N–H and O–H groups in total. The molecule has 2 fully saturated rings. The van der Waals surface area contributed by atoms with Gasteiger partial charge in [0.05, 0.1) is 5.33 Å². The lowest BCUT2D eigenvalue weighted by Crippen LogP contribution is -2.12. The van der Waals surface area contributed by atoms with E-state index in [-0.39, 0.29) is 0 Å². The quantitative estimate of drug-likeness (QED) is 0.795. The van der Waals surface area contributed by atoms with Gasteiger partial charge in [0, 0.05) is 12.0 Å². The molecule has 1 heterocycles. The van der Waals surface area contributed by atoms with Gasteiger partial charge in [-0.2, -0.15) is 0 Å². The minimum atomic E-state index is 0.676. The molecule has 4 heteroatoms. The van der Waals surface area contributed by atoms with Crippen molar-refractivity contribution in [2.45, 2.75) is 62.2 Å². The van der Waals surface area contributed by atoms with E-state index < -0.39 is 0 Å². The predicted octanol–water partition coefficient (Wildman–Crippen LogP) is 3.56. The van der Waals surface area contributed by atoms with E-state index in [4.69, 9.17) is 0 Å². The van der Waals surface area contributed by atoms with Crippen molar-refractivity contribution in [2.75, 3.05) is 0 Å². The van der Waals surface area contributed by atoms with Gasteiger partial charge in [0.2, 0.25) is 0 Å². The van der Waals surface area contributed by atoms with Crippen molar-refractivity contribution in [3.8, 4) is 0 Å². The van der Waals surface area contributed by atoms with Crippen molar-refractivity contribution in [1.82, 2.24) is 14.8 Å². The van der Waals surface area contributed by atoms with Crippen LogP contribution in [0.4, 0.5) is 0 Å². The van der Waals surface area contributed by atoms with Crippen LogP contribution in [-0.2, 0) is 5.33 Å². The van der Waals surface area contributed by atoms with Gasteiger partial charge in [-0.05, 0) is 25.7 Å². The van der Waals surface area contributed by atoms with Crippen molar-refractivity contribution in [2.24, 2.45) is 0 Å². The molecular formula is C12H18BrN3. The van der Waals surface area contributed by atoms with Crippen LogP contribution in [0.15, 0.2) is 0 Å². The van der Waals surface area contributed by atoms with E-state index in [2.05, 4.69) is 30.7 Å². The maximum absolute atomic E-state index is 4.45. The highest BCUT2D eigenvalue weighted by molar-refractivity contribution is 9.08. The van der Waals surface area contributed by atoms with Crippen molar-refractivity contribution < 1.29 is 0 Å². The molecule has 1 aromatic rings. The fraction of sp³-hybridized carbons (Fsp3) is 0.833. The summed E-state index contributed by atoms with van der Waals surface area (Å²) in [6, 6.07) is 0.708. The SMILES string of the molecule is BrCc1nnc(C2CCCCC2)n1C1CC1. The van der Waals surface area contributed by atoms with Crippen molar-refractivity contribution in [3.63, 3.8) is 0 Å². The number of hydrogen-bond acceptors (Lipinski definition) is 2. The zero-order valence-corrected chi connectivity index (χ0v) is 11.1. The minimum Gasteiger partial charge on any atom is -0.311 e. The molecule has 1 aromatic heterocycles. The summed E-state index contributed by atoms with van der Waals surface area (Å²) < 4.78 is 2.42. The highest BCUT2D eigenvalue weighted by atomic mass is 79.9. The molecule has 0 spiro atoms. The normalized spacial score (nSPS) is 22.6. The zero-order chi connectivity index (χ0) is 11.0. The van der Waals surface area contributed by atoms with Gasteiger partial charge in [0.1, 0.15) is 11.6 Å². The van der Waals surface area contributed by atoms with E-state index in [1.807, 2.05) is 0 Å². The molecule has 0 amide bonds. The summed E-state index contributed by atoms with van der Waals surface area (Å²) in [5, 5.41) is 9.63. The fourth-order valence-corrected chi connectivity index (χ4v) is 3.18. The Balaban J connectivity index is 1.89. The van der Waals surface area contributed by atoms with Crippen LogP contribution in [0, 0.1) is 0 Å². The van der Waals surface area contributed by atoms with Gasteiger partial charge in [-0.25, -0.2) is 0 Å². The molecule has 2 aliphatic rings. The Kier molecular flexibility index (Phi) is 3.01. The van der Waals surface area contributed by atoms with E-state index in [9.17, 15) is 0 Å². The third-order valence-corrected chi connectivity index (χ3v) is 4.30. The van der Waals surface area contributed by atoms with E-state index in [1.165, 1.54) is 50.8 Å². The molecule has 2 saturated carbocycles. The first-order chi connectivity index (χ1) is 7.90. The summed E-state index contributed by atoms with van der Waals surface area (Å²) in [5.41, 5.74) is 0. The lowest BCUT2D eigenvalue weighted by molar-refractivity contribution is 0.414. The molecule has 3 rings (SSSR count). The smallest absolute Gasteiger partial charge is 0.143 e. The molecule has 16 heavy (non-hydrogen) atoms. The maximum atomic E-state index is 4.45. The molecule has 88 valence electrons. The molecule has 0 bridgehead atoms. The molecular weight excluding hydrogens is 266 g/mol. The molecule has 0 radical (unpaired) electrons. The minimum absolute atomic E-state index is 0.676. The van der Waals surface area contributed by atoms with Crippen LogP contribution in [-0.4, -0.2) is 14.8 Å². The summed E-state index contributed by atoms with van der Waals surface area (Å²) in [6.45, 7) is 0. The Labute approximate surface area is 105 Å². The molecule has 0 saturated heterocycles. The van der Waals surface area contributed by atoms with Crippen LogP contribution in [0.3, 0.4) is 0 Å². The van der Waals surface area contributed by atoms with Gasteiger partial charge >= 0.3 is 0 Å². The van der Waals surface area contributed by atoms with Crippen molar-refractivity contribution in [1.29, 1.82) is 0 Å². The molecule has 0 aliphatic heterocycles. The summed E-state index contributed by atoms with van der Waals surface area (Å²) in [4.78, 5) is 0. The van der Waals surface area contributed by atoms with Crippen molar-refractivity contribution in [3.05, 3.63) is 11.6 Å². The lowest BCUT2D eigenvalue weighted by atomic mass is 9.88. The molecule has 2 aliphatic carbocycles. The van der Waals surface area contributed by atoms with E-state index in [1.54, 1.807) is 0 Å². The Morgan fingerprint density at radius 1 is 1.06 bits per heavy atom. The van der Waals surface area contributed by atoms with Gasteiger partial charge in [-0.1, -0.05) is 35.2 Å². The highest BCUT2D eigenvalue weighted by Crippen LogP contribution is 2.41. The van der Waals surface area contributed by atoms with Gasteiger partial charge in [0.15, 0.2) is 0 Å². The number of rotatable bonds is 3. The van der Waals surface area contributed by atoms with Gasteiger partial charge in [0.25, 0.3) is 0 Å². The topological polar surface area (TPSA) is 30.7 Å². The fourth-order valence-electron chi connectivity index (χ4n) is 2.80. The second-order valence-electron chi connectivity index (χ2n) is 5.04. The van der Waals surface area contributed by atoms with Gasteiger partial charge in [-0.3, -0.25) is 0 Å². The number of alkyl halides is 1. The largest absolute Gasteiger partial charge is 0.311 e. The third kappa shape index (κ3) is 1.92. The van der Waals surface area contributed by atoms with Crippen molar-refractivity contribution >= 4 is 15.9 Å². The average molecular weight is 284 g/mol. The zero-order valence-electron chi connectivity index (χ0n) is 9.53. The second kappa shape index (κ2) is 4.47. The van der Waals surface area contributed by atoms with Crippen LogP contribution in [0.5, 0.6) is 0 Å². The predicted molar refractivity (Wildman–Crippen MR) is 66.8 cm³/mol. The number of halogens is 1. The van der Waals surface area contributed by atoms with Crippen LogP contribution in [0.1, 0.15) is 68.6 Å². The standard InChI is InChI=1S/C12H18BrN3/c13-8-11-14-15-12(16(11)10-6-7-10)9-4-2-1-3-5-9/h9-10H,1-8H2. The number of hydrogen-bond donors (Lipinski definition) is 0. The van der Waals surface area contributed by atoms with E-state index in [0.717, 1.165) is 11.2 Å². The monoisotopic (exact) mass is 283 g/mol. The van der Waals surface area contributed by atoms with E-state index in [0.29, 0.717) is 12.0 Å². The molecule has 0 aromatic carbocycles. The molecule has 3 nitrogen and oxygen atoms in total. The summed E-state index contributed by atoms with van der Waals surface area (Å²) >= 11 is 3.52. The molecule has 0 atom stereocenters. The first-order valence-corrected chi connectivity index (χ1v) is 7.52. The average Bonchev–Trinajstić information content (AvgIpc) is 3.09. The Morgan fingerprint density at radius 2 is 1.81 bits per heavy atom.